The van der Waals surface area contributed by atoms with Gasteiger partial charge in [-0.2, -0.15) is 16.9 Å². The van der Waals surface area contributed by atoms with Gasteiger partial charge in [-0.25, -0.2) is 4.79 Å². The van der Waals surface area contributed by atoms with Gasteiger partial charge in [-0.1, -0.05) is 19.3 Å². The molecule has 1 spiro atoms. The summed E-state index contributed by atoms with van der Waals surface area (Å²) in [5, 5.41) is 7.30. The molecule has 1 aliphatic heterocycles. The van der Waals surface area contributed by atoms with Crippen LogP contribution in [0.1, 0.15) is 50.6 Å². The van der Waals surface area contributed by atoms with Gasteiger partial charge in [-0.15, -0.1) is 0 Å². The average Bonchev–Trinajstić information content (AvgIpc) is 2.95. The Balaban J connectivity index is 1.59. The van der Waals surface area contributed by atoms with Crippen LogP contribution >= 0.6 is 11.8 Å². The molecule has 6 heteroatoms. The van der Waals surface area contributed by atoms with Crippen molar-refractivity contribution in [3.8, 4) is 0 Å². The molecule has 1 saturated carbocycles. The third-order valence-corrected chi connectivity index (χ3v) is 6.40. The van der Waals surface area contributed by atoms with Crippen LogP contribution in [0.2, 0.25) is 0 Å². The van der Waals surface area contributed by atoms with E-state index in [0.29, 0.717) is 4.75 Å². The summed E-state index contributed by atoms with van der Waals surface area (Å²) in [6.45, 7) is 3.78. The molecule has 0 aromatic carbocycles. The number of nitrogens with one attached hydrogen (secondary N) is 1. The Labute approximate surface area is 136 Å². The number of hydrogen-bond acceptors (Lipinski definition) is 3. The average molecular weight is 322 g/mol. The number of hydrogen-bond donors (Lipinski definition) is 1. The molecule has 0 unspecified atom stereocenters. The maximum Gasteiger partial charge on any atom is 0.317 e. The highest BCUT2D eigenvalue weighted by atomic mass is 32.2. The van der Waals surface area contributed by atoms with Gasteiger partial charge >= 0.3 is 6.03 Å². The van der Waals surface area contributed by atoms with Crippen molar-refractivity contribution in [1.82, 2.24) is 20.0 Å². The van der Waals surface area contributed by atoms with Crippen LogP contribution in [-0.4, -0.2) is 44.3 Å². The minimum absolute atomic E-state index is 0.00177. The molecule has 2 fully saturated rings. The van der Waals surface area contributed by atoms with Crippen molar-refractivity contribution in [2.75, 3.05) is 18.8 Å². The fourth-order valence-electron chi connectivity index (χ4n) is 3.54. The van der Waals surface area contributed by atoms with Crippen LogP contribution in [0.25, 0.3) is 0 Å². The molecular formula is C16H26N4OS. The standard InChI is InChI=1S/C16H26N4OS/c1-13(14-10-17-19(2)11-14)18-15(21)20-8-9-22-16(12-20)6-4-3-5-7-16/h10-11,13H,3-9,12H2,1-2H3,(H,18,21)/t13-/m1/s1. The topological polar surface area (TPSA) is 50.2 Å². The zero-order valence-corrected chi connectivity index (χ0v) is 14.4. The maximum absolute atomic E-state index is 12.6. The first-order valence-electron chi connectivity index (χ1n) is 8.26. The van der Waals surface area contributed by atoms with E-state index in [2.05, 4.69) is 22.2 Å². The molecule has 1 aromatic heterocycles. The summed E-state index contributed by atoms with van der Waals surface area (Å²) in [6.07, 6.45) is 10.3. The van der Waals surface area contributed by atoms with Gasteiger partial charge < -0.3 is 10.2 Å². The highest BCUT2D eigenvalue weighted by molar-refractivity contribution is 8.00. The van der Waals surface area contributed by atoms with Gasteiger partial charge in [0.25, 0.3) is 0 Å². The largest absolute Gasteiger partial charge is 0.331 e. The molecule has 0 bridgehead atoms. The van der Waals surface area contributed by atoms with Crippen LogP contribution in [0.15, 0.2) is 12.4 Å². The quantitative estimate of drug-likeness (QED) is 0.911. The molecule has 1 N–H and O–H groups in total. The first kappa shape index (κ1) is 15.7. The number of aromatic nitrogens is 2. The van der Waals surface area contributed by atoms with E-state index in [1.807, 2.05) is 31.3 Å². The molecule has 122 valence electrons. The minimum Gasteiger partial charge on any atom is -0.331 e. The van der Waals surface area contributed by atoms with E-state index in [-0.39, 0.29) is 12.1 Å². The number of urea groups is 1. The van der Waals surface area contributed by atoms with Gasteiger partial charge in [0.05, 0.1) is 12.2 Å². The molecule has 1 aliphatic carbocycles. The second-order valence-electron chi connectivity index (χ2n) is 6.63. The predicted octanol–water partition coefficient (Wildman–Crippen LogP) is 2.94. The third kappa shape index (κ3) is 3.42. The molecule has 3 rings (SSSR count). The van der Waals surface area contributed by atoms with Crippen molar-refractivity contribution in [3.63, 3.8) is 0 Å². The molecular weight excluding hydrogens is 296 g/mol. The molecule has 1 saturated heterocycles. The fraction of sp³-hybridized carbons (Fsp3) is 0.750. The van der Waals surface area contributed by atoms with E-state index < -0.39 is 0 Å². The fourth-order valence-corrected chi connectivity index (χ4v) is 5.11. The van der Waals surface area contributed by atoms with E-state index in [4.69, 9.17) is 0 Å². The van der Waals surface area contributed by atoms with E-state index in [1.165, 1.54) is 32.1 Å². The summed E-state index contributed by atoms with van der Waals surface area (Å²) < 4.78 is 2.10. The molecule has 5 nitrogen and oxygen atoms in total. The molecule has 22 heavy (non-hydrogen) atoms. The zero-order chi connectivity index (χ0) is 15.6. The molecule has 0 radical (unpaired) electrons. The second kappa shape index (κ2) is 6.52. The van der Waals surface area contributed by atoms with Crippen LogP contribution in [0.4, 0.5) is 4.79 Å². The Kier molecular flexibility index (Phi) is 4.66. The lowest BCUT2D eigenvalue weighted by atomic mass is 9.87. The van der Waals surface area contributed by atoms with Crippen LogP contribution in [0.5, 0.6) is 0 Å². The number of thioether (sulfide) groups is 1. The van der Waals surface area contributed by atoms with Crippen molar-refractivity contribution in [3.05, 3.63) is 18.0 Å². The number of aryl methyl sites for hydroxylation is 1. The summed E-state index contributed by atoms with van der Waals surface area (Å²) in [7, 11) is 1.90. The Morgan fingerprint density at radius 3 is 2.86 bits per heavy atom. The first-order valence-corrected chi connectivity index (χ1v) is 9.24. The summed E-state index contributed by atoms with van der Waals surface area (Å²) in [5.41, 5.74) is 1.05. The van der Waals surface area contributed by atoms with Gasteiger partial charge in [0.1, 0.15) is 0 Å². The summed E-state index contributed by atoms with van der Waals surface area (Å²) in [4.78, 5) is 14.6. The van der Waals surface area contributed by atoms with Crippen molar-refractivity contribution < 1.29 is 4.79 Å². The van der Waals surface area contributed by atoms with E-state index in [1.54, 1.807) is 4.68 Å². The van der Waals surface area contributed by atoms with Crippen molar-refractivity contribution in [2.45, 2.75) is 49.8 Å². The molecule has 1 atom stereocenters. The number of rotatable bonds is 2. The van der Waals surface area contributed by atoms with E-state index in [9.17, 15) is 4.79 Å². The maximum atomic E-state index is 12.6. The number of carbonyl (C=O) groups excluding carboxylic acids is 1. The Morgan fingerprint density at radius 2 is 2.18 bits per heavy atom. The number of carbonyl (C=O) groups is 1. The zero-order valence-electron chi connectivity index (χ0n) is 13.5. The Morgan fingerprint density at radius 1 is 1.41 bits per heavy atom. The Hall–Kier alpha value is -1.17. The lowest BCUT2D eigenvalue weighted by Gasteiger charge is -2.44. The molecule has 1 aromatic rings. The highest BCUT2D eigenvalue weighted by Crippen LogP contribution is 2.42. The van der Waals surface area contributed by atoms with Crippen LogP contribution in [0, 0.1) is 0 Å². The van der Waals surface area contributed by atoms with E-state index >= 15 is 0 Å². The lowest BCUT2D eigenvalue weighted by molar-refractivity contribution is 0.182. The summed E-state index contributed by atoms with van der Waals surface area (Å²) in [6, 6.07) is 0.0692. The Bertz CT molecular complexity index is 518. The highest BCUT2D eigenvalue weighted by Gasteiger charge is 2.38. The second-order valence-corrected chi connectivity index (χ2v) is 8.20. The third-order valence-electron chi connectivity index (χ3n) is 4.87. The van der Waals surface area contributed by atoms with Crippen LogP contribution in [0.3, 0.4) is 0 Å². The smallest absolute Gasteiger partial charge is 0.317 e. The van der Waals surface area contributed by atoms with Gasteiger partial charge in [-0.3, -0.25) is 4.68 Å². The number of amides is 2. The minimum atomic E-state index is -0.00177. The number of nitrogens with zero attached hydrogens (tertiary/aromatic N) is 3. The van der Waals surface area contributed by atoms with Gasteiger partial charge in [0, 0.05) is 42.4 Å². The summed E-state index contributed by atoms with van der Waals surface area (Å²) in [5.74, 6) is 1.06. The van der Waals surface area contributed by atoms with Crippen molar-refractivity contribution in [2.24, 2.45) is 7.05 Å². The van der Waals surface area contributed by atoms with Gasteiger partial charge in [0.2, 0.25) is 0 Å². The predicted molar refractivity (Wildman–Crippen MR) is 90.0 cm³/mol. The van der Waals surface area contributed by atoms with Gasteiger partial charge in [0.15, 0.2) is 0 Å². The molecule has 2 heterocycles. The van der Waals surface area contributed by atoms with Crippen LogP contribution in [-0.2, 0) is 7.05 Å². The van der Waals surface area contributed by atoms with Crippen molar-refractivity contribution in [1.29, 1.82) is 0 Å². The normalized spacial score (nSPS) is 22.5. The van der Waals surface area contributed by atoms with Crippen molar-refractivity contribution >= 4 is 17.8 Å². The molecule has 2 amide bonds. The SMILES string of the molecule is C[C@@H](NC(=O)N1CCSC2(CCCCC2)C1)c1cnn(C)c1. The molecule has 2 aliphatic rings. The van der Waals surface area contributed by atoms with Crippen LogP contribution < -0.4 is 5.32 Å². The summed E-state index contributed by atoms with van der Waals surface area (Å²) >= 11 is 2.09. The van der Waals surface area contributed by atoms with Gasteiger partial charge in [-0.05, 0) is 19.8 Å². The first-order chi connectivity index (χ1) is 10.6. The lowest BCUT2D eigenvalue weighted by Crippen LogP contribution is -2.53. The van der Waals surface area contributed by atoms with E-state index in [0.717, 1.165) is 24.4 Å². The monoisotopic (exact) mass is 322 g/mol.